The molecule has 2 aromatic carbocycles. The highest BCUT2D eigenvalue weighted by Gasteiger charge is 2.21. The quantitative estimate of drug-likeness (QED) is 0.912. The predicted octanol–water partition coefficient (Wildman–Crippen LogP) is 2.82. The van der Waals surface area contributed by atoms with Crippen molar-refractivity contribution in [2.75, 3.05) is 4.72 Å². The van der Waals surface area contributed by atoms with E-state index in [9.17, 15) is 22.3 Å². The van der Waals surface area contributed by atoms with E-state index in [2.05, 4.69) is 4.72 Å². The van der Waals surface area contributed by atoms with Gasteiger partial charge in [0.25, 0.3) is 10.0 Å². The van der Waals surface area contributed by atoms with Crippen LogP contribution >= 0.6 is 0 Å². The largest absolute Gasteiger partial charge is 0.389 e. The SMILES string of the molecule is CC(O)c1ccccc1NS(=O)(=O)c1ccc(F)cc1F. The summed E-state index contributed by atoms with van der Waals surface area (Å²) in [4.78, 5) is -0.663. The molecule has 1 unspecified atom stereocenters. The number of aliphatic hydroxyl groups excluding tert-OH is 1. The Labute approximate surface area is 121 Å². The smallest absolute Gasteiger partial charge is 0.264 e. The van der Waals surface area contributed by atoms with E-state index in [1.54, 1.807) is 18.2 Å². The van der Waals surface area contributed by atoms with E-state index in [0.717, 1.165) is 12.1 Å². The Morgan fingerprint density at radius 2 is 1.81 bits per heavy atom. The van der Waals surface area contributed by atoms with Crippen LogP contribution < -0.4 is 4.72 Å². The van der Waals surface area contributed by atoms with Gasteiger partial charge < -0.3 is 5.11 Å². The molecule has 0 aliphatic carbocycles. The molecule has 0 spiro atoms. The number of hydrogen-bond donors (Lipinski definition) is 2. The van der Waals surface area contributed by atoms with Crippen molar-refractivity contribution in [2.24, 2.45) is 0 Å². The second-order valence-electron chi connectivity index (χ2n) is 4.44. The number of benzene rings is 2. The normalized spacial score (nSPS) is 13.0. The molecule has 0 fully saturated rings. The lowest BCUT2D eigenvalue weighted by molar-refractivity contribution is 0.200. The number of halogens is 2. The summed E-state index contributed by atoms with van der Waals surface area (Å²) in [6, 6.07) is 8.40. The van der Waals surface area contributed by atoms with Crippen molar-refractivity contribution in [1.82, 2.24) is 0 Å². The topological polar surface area (TPSA) is 66.4 Å². The Balaban J connectivity index is 2.43. The zero-order chi connectivity index (χ0) is 15.6. The standard InChI is InChI=1S/C14H13F2NO3S/c1-9(18)11-4-2-3-5-13(11)17-21(19,20)14-7-6-10(15)8-12(14)16/h2-9,17-18H,1H3. The molecule has 0 aliphatic heterocycles. The fraction of sp³-hybridized carbons (Fsp3) is 0.143. The zero-order valence-corrected chi connectivity index (χ0v) is 11.9. The minimum Gasteiger partial charge on any atom is -0.389 e. The molecule has 0 radical (unpaired) electrons. The van der Waals surface area contributed by atoms with Crippen LogP contribution in [0.15, 0.2) is 47.4 Å². The Kier molecular flexibility index (Phi) is 4.24. The Morgan fingerprint density at radius 3 is 2.43 bits per heavy atom. The lowest BCUT2D eigenvalue weighted by Crippen LogP contribution is -2.16. The van der Waals surface area contributed by atoms with Crippen LogP contribution in [0.3, 0.4) is 0 Å². The highest BCUT2D eigenvalue weighted by Crippen LogP contribution is 2.26. The van der Waals surface area contributed by atoms with Gasteiger partial charge in [0.1, 0.15) is 16.5 Å². The molecule has 0 heterocycles. The van der Waals surface area contributed by atoms with Gasteiger partial charge in [-0.3, -0.25) is 4.72 Å². The molecule has 0 saturated carbocycles. The monoisotopic (exact) mass is 313 g/mol. The third-order valence-electron chi connectivity index (χ3n) is 2.84. The summed E-state index contributed by atoms with van der Waals surface area (Å²) in [5.74, 6) is -2.05. The van der Waals surface area contributed by atoms with Gasteiger partial charge in [0.2, 0.25) is 0 Å². The third-order valence-corrected chi connectivity index (χ3v) is 4.24. The number of sulfonamides is 1. The Bertz CT molecular complexity index is 761. The number of aliphatic hydroxyl groups is 1. The summed E-state index contributed by atoms with van der Waals surface area (Å²) in [5.41, 5.74) is 0.486. The molecule has 0 amide bonds. The third kappa shape index (κ3) is 3.37. The first-order valence-corrected chi connectivity index (χ1v) is 7.54. The lowest BCUT2D eigenvalue weighted by atomic mass is 10.1. The highest BCUT2D eigenvalue weighted by atomic mass is 32.2. The molecule has 2 rings (SSSR count). The van der Waals surface area contributed by atoms with Crippen molar-refractivity contribution in [3.05, 3.63) is 59.7 Å². The minimum atomic E-state index is -4.22. The van der Waals surface area contributed by atoms with Gasteiger partial charge in [0.15, 0.2) is 0 Å². The summed E-state index contributed by atoms with van der Waals surface area (Å²) in [6.45, 7) is 1.48. The lowest BCUT2D eigenvalue weighted by Gasteiger charge is -2.14. The van der Waals surface area contributed by atoms with Crippen molar-refractivity contribution in [3.63, 3.8) is 0 Å². The molecule has 2 N–H and O–H groups in total. The van der Waals surface area contributed by atoms with Crippen LogP contribution in [0, 0.1) is 11.6 Å². The fourth-order valence-electron chi connectivity index (χ4n) is 1.85. The summed E-state index contributed by atoms with van der Waals surface area (Å²) >= 11 is 0. The summed E-state index contributed by atoms with van der Waals surface area (Å²) in [7, 11) is -4.22. The van der Waals surface area contributed by atoms with Crippen LogP contribution in [0.5, 0.6) is 0 Å². The number of rotatable bonds is 4. The average Bonchev–Trinajstić information content (AvgIpc) is 2.37. The van der Waals surface area contributed by atoms with Gasteiger partial charge in [-0.05, 0) is 25.1 Å². The maximum Gasteiger partial charge on any atom is 0.264 e. The van der Waals surface area contributed by atoms with E-state index in [1.165, 1.54) is 13.0 Å². The average molecular weight is 313 g/mol. The van der Waals surface area contributed by atoms with Crippen molar-refractivity contribution in [2.45, 2.75) is 17.9 Å². The molecule has 2 aromatic rings. The van der Waals surface area contributed by atoms with Gasteiger partial charge in [-0.25, -0.2) is 17.2 Å². The van der Waals surface area contributed by atoms with E-state index < -0.39 is 32.7 Å². The second-order valence-corrected chi connectivity index (χ2v) is 6.09. The molecule has 0 aliphatic rings. The Hall–Kier alpha value is -1.99. The van der Waals surface area contributed by atoms with Crippen LogP contribution in [-0.2, 0) is 10.0 Å². The van der Waals surface area contributed by atoms with Gasteiger partial charge in [-0.15, -0.1) is 0 Å². The number of nitrogens with one attached hydrogen (secondary N) is 1. The maximum atomic E-state index is 13.6. The number of hydrogen-bond acceptors (Lipinski definition) is 3. The van der Waals surface area contributed by atoms with Crippen molar-refractivity contribution in [1.29, 1.82) is 0 Å². The molecular formula is C14H13F2NO3S. The summed E-state index contributed by atoms with van der Waals surface area (Å²) in [6.07, 6.45) is -0.901. The predicted molar refractivity (Wildman–Crippen MR) is 74.2 cm³/mol. The van der Waals surface area contributed by atoms with Gasteiger partial charge in [-0.2, -0.15) is 0 Å². The Morgan fingerprint density at radius 1 is 1.14 bits per heavy atom. The van der Waals surface area contributed by atoms with E-state index in [4.69, 9.17) is 0 Å². The van der Waals surface area contributed by atoms with Gasteiger partial charge in [0, 0.05) is 11.6 Å². The number of anilines is 1. The molecule has 0 bridgehead atoms. The van der Waals surface area contributed by atoms with E-state index in [-0.39, 0.29) is 5.69 Å². The molecule has 0 aromatic heterocycles. The molecule has 21 heavy (non-hydrogen) atoms. The summed E-state index contributed by atoms with van der Waals surface area (Å²) < 4.78 is 52.9. The van der Waals surface area contributed by atoms with Crippen LogP contribution in [0.4, 0.5) is 14.5 Å². The first-order chi connectivity index (χ1) is 9.81. The van der Waals surface area contributed by atoms with Crippen molar-refractivity contribution < 1.29 is 22.3 Å². The highest BCUT2D eigenvalue weighted by molar-refractivity contribution is 7.92. The van der Waals surface area contributed by atoms with Crippen LogP contribution in [-0.4, -0.2) is 13.5 Å². The second kappa shape index (κ2) is 5.79. The van der Waals surface area contributed by atoms with E-state index in [0.29, 0.717) is 11.6 Å². The van der Waals surface area contributed by atoms with E-state index in [1.807, 2.05) is 0 Å². The first-order valence-electron chi connectivity index (χ1n) is 6.06. The molecule has 7 heteroatoms. The minimum absolute atomic E-state index is 0.135. The molecule has 4 nitrogen and oxygen atoms in total. The van der Waals surface area contributed by atoms with Gasteiger partial charge in [0.05, 0.1) is 11.8 Å². The molecule has 1 atom stereocenters. The van der Waals surface area contributed by atoms with Crippen molar-refractivity contribution in [3.8, 4) is 0 Å². The molecule has 112 valence electrons. The van der Waals surface area contributed by atoms with Crippen molar-refractivity contribution >= 4 is 15.7 Å². The first kappa shape index (κ1) is 15.4. The molecule has 0 saturated heterocycles. The summed E-state index contributed by atoms with van der Waals surface area (Å²) in [5, 5.41) is 9.60. The maximum absolute atomic E-state index is 13.6. The van der Waals surface area contributed by atoms with E-state index >= 15 is 0 Å². The van der Waals surface area contributed by atoms with Gasteiger partial charge in [-0.1, -0.05) is 18.2 Å². The van der Waals surface area contributed by atoms with Crippen LogP contribution in [0.1, 0.15) is 18.6 Å². The van der Waals surface area contributed by atoms with Crippen LogP contribution in [0.25, 0.3) is 0 Å². The zero-order valence-electron chi connectivity index (χ0n) is 11.0. The van der Waals surface area contributed by atoms with Gasteiger partial charge >= 0.3 is 0 Å². The fourth-order valence-corrected chi connectivity index (χ4v) is 3.00. The number of para-hydroxylation sites is 1. The molecular weight excluding hydrogens is 300 g/mol. The van der Waals surface area contributed by atoms with Crippen LogP contribution in [0.2, 0.25) is 0 Å².